The normalized spacial score (nSPS) is 11.9. The Bertz CT molecular complexity index is 1190. The van der Waals surface area contributed by atoms with Crippen LogP contribution in [0.25, 0.3) is 11.0 Å². The lowest BCUT2D eigenvalue weighted by Gasteiger charge is -2.21. The van der Waals surface area contributed by atoms with E-state index < -0.39 is 17.1 Å². The summed E-state index contributed by atoms with van der Waals surface area (Å²) in [5.74, 6) is -1.01. The number of anilines is 1. The van der Waals surface area contributed by atoms with E-state index in [-0.39, 0.29) is 11.3 Å². The number of hydrogen-bond acceptors (Lipinski definition) is 6. The number of carboxylic acid groups (broad SMARTS) is 1. The summed E-state index contributed by atoms with van der Waals surface area (Å²) >= 11 is 0. The maximum absolute atomic E-state index is 11.1. The van der Waals surface area contributed by atoms with Crippen molar-refractivity contribution in [2.24, 2.45) is 0 Å². The van der Waals surface area contributed by atoms with Crippen molar-refractivity contribution in [2.75, 3.05) is 5.32 Å². The third kappa shape index (κ3) is 3.61. The molecule has 0 spiro atoms. The average molecular weight is 389 g/mol. The predicted molar refractivity (Wildman–Crippen MR) is 106 cm³/mol. The second kappa shape index (κ2) is 7.39. The number of nitrogens with zero attached hydrogens (tertiary/aromatic N) is 4. The number of nitrogens with one attached hydrogen (secondary N) is 1. The van der Waals surface area contributed by atoms with Crippen molar-refractivity contribution in [1.82, 2.24) is 15.0 Å². The zero-order valence-corrected chi connectivity index (χ0v) is 15.0. The van der Waals surface area contributed by atoms with Gasteiger partial charge in [0.25, 0.3) is 5.69 Å². The van der Waals surface area contributed by atoms with Crippen LogP contribution in [0.3, 0.4) is 0 Å². The molecule has 0 unspecified atom stereocenters. The molecule has 144 valence electrons. The minimum absolute atomic E-state index is 0.0123. The van der Waals surface area contributed by atoms with Gasteiger partial charge in [-0.2, -0.15) is 0 Å². The highest BCUT2D eigenvalue weighted by Crippen LogP contribution is 2.26. The van der Waals surface area contributed by atoms with E-state index in [0.717, 1.165) is 11.1 Å². The van der Waals surface area contributed by atoms with Crippen molar-refractivity contribution >= 4 is 28.4 Å². The van der Waals surface area contributed by atoms with Crippen LogP contribution in [-0.2, 0) is 0 Å². The molecule has 3 aromatic carbocycles. The van der Waals surface area contributed by atoms with Crippen molar-refractivity contribution in [3.8, 4) is 0 Å². The van der Waals surface area contributed by atoms with Crippen molar-refractivity contribution in [3.05, 3.63) is 94.0 Å². The first-order valence-corrected chi connectivity index (χ1v) is 8.67. The van der Waals surface area contributed by atoms with Crippen molar-refractivity contribution < 1.29 is 14.8 Å². The molecule has 1 heterocycles. The molecule has 4 rings (SSSR count). The molecule has 29 heavy (non-hydrogen) atoms. The summed E-state index contributed by atoms with van der Waals surface area (Å²) in [7, 11) is 0. The number of rotatable bonds is 6. The van der Waals surface area contributed by atoms with Gasteiger partial charge in [-0.05, 0) is 54.1 Å². The molecular formula is C20H15N5O4. The first-order chi connectivity index (χ1) is 14.0. The maximum Gasteiger partial charge on any atom is 0.335 e. The van der Waals surface area contributed by atoms with Gasteiger partial charge in [-0.25, -0.2) is 9.48 Å². The van der Waals surface area contributed by atoms with E-state index in [1.807, 2.05) is 24.3 Å². The van der Waals surface area contributed by atoms with Crippen LogP contribution in [0.4, 0.5) is 11.4 Å². The molecule has 1 aromatic heterocycles. The Labute approximate surface area is 164 Å². The van der Waals surface area contributed by atoms with Crippen LogP contribution in [0.2, 0.25) is 0 Å². The molecule has 0 radical (unpaired) electrons. The number of nitro groups is 1. The van der Waals surface area contributed by atoms with Crippen LogP contribution in [0.5, 0.6) is 0 Å². The van der Waals surface area contributed by atoms with Gasteiger partial charge in [0.15, 0.2) is 0 Å². The van der Waals surface area contributed by atoms with Crippen molar-refractivity contribution in [1.29, 1.82) is 0 Å². The van der Waals surface area contributed by atoms with Gasteiger partial charge in [0.1, 0.15) is 11.7 Å². The van der Waals surface area contributed by atoms with Crippen molar-refractivity contribution in [3.63, 3.8) is 0 Å². The Morgan fingerprint density at radius 1 is 1.03 bits per heavy atom. The molecule has 0 aliphatic carbocycles. The fraction of sp³-hybridized carbons (Fsp3) is 0.0500. The number of aromatic nitrogens is 3. The van der Waals surface area contributed by atoms with Gasteiger partial charge in [-0.15, -0.1) is 5.10 Å². The van der Waals surface area contributed by atoms with Gasteiger partial charge in [-0.1, -0.05) is 17.3 Å². The number of carboxylic acids is 1. The molecular weight excluding hydrogens is 374 g/mol. The quantitative estimate of drug-likeness (QED) is 0.381. The molecule has 0 fully saturated rings. The molecule has 0 aliphatic heterocycles. The van der Waals surface area contributed by atoms with Gasteiger partial charge >= 0.3 is 5.97 Å². The summed E-state index contributed by atoms with van der Waals surface area (Å²) in [6.07, 6.45) is -0.515. The molecule has 0 aliphatic rings. The highest BCUT2D eigenvalue weighted by molar-refractivity contribution is 5.88. The number of hydrogen-bond donors (Lipinski definition) is 2. The van der Waals surface area contributed by atoms with Crippen LogP contribution in [0, 0.1) is 10.1 Å². The summed E-state index contributed by atoms with van der Waals surface area (Å²) < 4.78 is 1.68. The Morgan fingerprint density at radius 2 is 1.72 bits per heavy atom. The van der Waals surface area contributed by atoms with E-state index in [1.54, 1.807) is 28.9 Å². The predicted octanol–water partition coefficient (Wildman–Crippen LogP) is 3.70. The number of fused-ring (bicyclic) bond motifs is 1. The maximum atomic E-state index is 11.1. The molecule has 1 atom stereocenters. The standard InChI is InChI=1S/C20H15N5O4/c26-20(27)14-5-9-15(10-6-14)21-19(13-7-11-16(12-8-13)25(28)29)24-18-4-2-1-3-17(18)22-23-24/h1-12,19,21H,(H,26,27)/t19-/m0/s1. The Balaban J connectivity index is 1.76. The lowest BCUT2D eigenvalue weighted by atomic mass is 10.1. The van der Waals surface area contributed by atoms with E-state index in [9.17, 15) is 14.9 Å². The summed E-state index contributed by atoms with van der Waals surface area (Å²) in [6.45, 7) is 0. The summed E-state index contributed by atoms with van der Waals surface area (Å²) in [5, 5.41) is 31.8. The Morgan fingerprint density at radius 3 is 2.38 bits per heavy atom. The summed E-state index contributed by atoms with van der Waals surface area (Å²) in [5.41, 5.74) is 3.05. The van der Waals surface area contributed by atoms with Crippen LogP contribution in [0.1, 0.15) is 22.1 Å². The number of benzene rings is 3. The van der Waals surface area contributed by atoms with E-state index in [0.29, 0.717) is 11.2 Å². The minimum Gasteiger partial charge on any atom is -0.478 e. The molecule has 9 nitrogen and oxygen atoms in total. The second-order valence-corrected chi connectivity index (χ2v) is 6.30. The SMILES string of the molecule is O=C(O)c1ccc(N[C@H](c2ccc([N+](=O)[O-])cc2)n2nnc3ccccc32)cc1. The van der Waals surface area contributed by atoms with E-state index in [4.69, 9.17) is 5.11 Å². The zero-order chi connectivity index (χ0) is 20.4. The molecule has 4 aromatic rings. The van der Waals surface area contributed by atoms with Gasteiger partial charge in [0.05, 0.1) is 16.0 Å². The molecule has 2 N–H and O–H groups in total. The number of para-hydroxylation sites is 1. The smallest absolute Gasteiger partial charge is 0.335 e. The fourth-order valence-electron chi connectivity index (χ4n) is 3.01. The number of carbonyl (C=O) groups is 1. The van der Waals surface area contributed by atoms with E-state index in [1.165, 1.54) is 24.3 Å². The first kappa shape index (κ1) is 18.1. The van der Waals surface area contributed by atoms with Gasteiger partial charge in [-0.3, -0.25) is 10.1 Å². The third-order valence-corrected chi connectivity index (χ3v) is 4.48. The second-order valence-electron chi connectivity index (χ2n) is 6.30. The van der Waals surface area contributed by atoms with Gasteiger partial charge < -0.3 is 10.4 Å². The molecule has 0 bridgehead atoms. The number of non-ortho nitro benzene ring substituents is 1. The third-order valence-electron chi connectivity index (χ3n) is 4.48. The highest BCUT2D eigenvalue weighted by atomic mass is 16.6. The van der Waals surface area contributed by atoms with E-state index >= 15 is 0 Å². The Kier molecular flexibility index (Phi) is 4.62. The van der Waals surface area contributed by atoms with Gasteiger partial charge in [0.2, 0.25) is 0 Å². The average Bonchev–Trinajstić information content (AvgIpc) is 3.16. The van der Waals surface area contributed by atoms with Crippen LogP contribution in [-0.4, -0.2) is 31.0 Å². The highest BCUT2D eigenvalue weighted by Gasteiger charge is 2.19. The van der Waals surface area contributed by atoms with E-state index in [2.05, 4.69) is 15.6 Å². The van der Waals surface area contributed by atoms with Crippen LogP contribution >= 0.6 is 0 Å². The zero-order valence-electron chi connectivity index (χ0n) is 15.0. The lowest BCUT2D eigenvalue weighted by Crippen LogP contribution is -2.21. The molecule has 0 saturated heterocycles. The summed E-state index contributed by atoms with van der Waals surface area (Å²) in [6, 6.07) is 19.9. The topological polar surface area (TPSA) is 123 Å². The fourth-order valence-corrected chi connectivity index (χ4v) is 3.01. The van der Waals surface area contributed by atoms with Crippen LogP contribution < -0.4 is 5.32 Å². The minimum atomic E-state index is -1.01. The molecule has 0 saturated carbocycles. The number of aromatic carboxylic acids is 1. The monoisotopic (exact) mass is 389 g/mol. The molecule has 0 amide bonds. The number of nitro benzene ring substituents is 1. The van der Waals surface area contributed by atoms with Gasteiger partial charge in [0, 0.05) is 17.8 Å². The van der Waals surface area contributed by atoms with Crippen molar-refractivity contribution in [2.45, 2.75) is 6.17 Å². The Hall–Kier alpha value is -4.27. The lowest BCUT2D eigenvalue weighted by molar-refractivity contribution is -0.384. The van der Waals surface area contributed by atoms with Crippen LogP contribution in [0.15, 0.2) is 72.8 Å². The molecule has 9 heteroatoms. The first-order valence-electron chi connectivity index (χ1n) is 8.67. The largest absolute Gasteiger partial charge is 0.478 e. The summed E-state index contributed by atoms with van der Waals surface area (Å²) in [4.78, 5) is 21.6.